The molecule has 7 heteroatoms. The van der Waals surface area contributed by atoms with E-state index >= 15 is 0 Å². The van der Waals surface area contributed by atoms with Gasteiger partial charge in [0.25, 0.3) is 5.56 Å². The third-order valence-electron chi connectivity index (χ3n) is 2.88. The number of aliphatic hydroxyl groups excluding tert-OH is 1. The highest BCUT2D eigenvalue weighted by molar-refractivity contribution is 4.98. The number of nitrogens with zero attached hydrogens (tertiary/aromatic N) is 1. The van der Waals surface area contributed by atoms with Crippen LogP contribution in [0, 0.1) is 11.7 Å². The molecule has 0 aromatic carbocycles. The smallest absolute Gasteiger partial charge is 0.328 e. The van der Waals surface area contributed by atoms with Crippen molar-refractivity contribution in [1.82, 2.24) is 9.55 Å². The fourth-order valence-corrected chi connectivity index (χ4v) is 1.84. The van der Waals surface area contributed by atoms with E-state index in [1.807, 2.05) is 0 Å². The van der Waals surface area contributed by atoms with E-state index in [4.69, 9.17) is 5.11 Å². The van der Waals surface area contributed by atoms with E-state index in [2.05, 4.69) is 0 Å². The van der Waals surface area contributed by atoms with Gasteiger partial charge in [-0.3, -0.25) is 14.3 Å². The van der Waals surface area contributed by atoms with Gasteiger partial charge in [-0.25, -0.2) is 9.18 Å². The average Bonchev–Trinajstić information content (AvgIpc) is 2.24. The Morgan fingerprint density at radius 3 is 2.81 bits per heavy atom. The maximum Gasteiger partial charge on any atom is 0.328 e. The number of hydrogen-bond donors (Lipinski definition) is 2. The number of rotatable bonds is 2. The first-order valence-corrected chi connectivity index (χ1v) is 4.80. The Balaban J connectivity index is 2.33. The van der Waals surface area contributed by atoms with Crippen LogP contribution in [0.2, 0.25) is 0 Å². The molecule has 0 radical (unpaired) electrons. The minimum atomic E-state index is -1.40. The summed E-state index contributed by atoms with van der Waals surface area (Å²) in [5.74, 6) is -1.65. The highest BCUT2D eigenvalue weighted by Crippen LogP contribution is 2.39. The maximum atomic E-state index is 13.4. The number of aromatic amines is 1. The van der Waals surface area contributed by atoms with E-state index in [-0.39, 0.29) is 13.0 Å². The summed E-state index contributed by atoms with van der Waals surface area (Å²) in [5, 5.41) is 8.73. The van der Waals surface area contributed by atoms with Crippen molar-refractivity contribution in [2.75, 3.05) is 6.61 Å². The van der Waals surface area contributed by atoms with Gasteiger partial charge >= 0.3 is 5.69 Å². The lowest BCUT2D eigenvalue weighted by molar-refractivity contribution is -0.000804. The van der Waals surface area contributed by atoms with Gasteiger partial charge in [0.05, 0.1) is 12.2 Å². The molecule has 16 heavy (non-hydrogen) atoms. The van der Waals surface area contributed by atoms with Gasteiger partial charge in [0.15, 0.2) is 0 Å². The van der Waals surface area contributed by atoms with Crippen molar-refractivity contribution in [2.24, 2.45) is 5.92 Å². The fourth-order valence-electron chi connectivity index (χ4n) is 1.84. The Morgan fingerprint density at radius 2 is 2.25 bits per heavy atom. The Hall–Kier alpha value is -1.50. The third-order valence-corrected chi connectivity index (χ3v) is 2.88. The van der Waals surface area contributed by atoms with Gasteiger partial charge in [-0.2, -0.15) is 4.39 Å². The SMILES string of the molecule is O=c1[nH]c(=O)n([C@H]2C[C@@H](CO)[C@@H]2F)cc1F. The van der Waals surface area contributed by atoms with E-state index in [1.54, 1.807) is 4.98 Å². The zero-order valence-electron chi connectivity index (χ0n) is 8.19. The Morgan fingerprint density at radius 1 is 1.56 bits per heavy atom. The molecule has 1 aromatic rings. The standard InChI is InChI=1S/C9H10F2N2O3/c10-5-2-13(9(16)12-8(5)15)6-1-4(3-14)7(6)11/h2,4,6-7,14H,1,3H2,(H,12,15,16)/t4-,6-,7-/m0/s1. The second-order valence-electron chi connectivity index (χ2n) is 3.83. The Bertz CT molecular complexity index is 510. The Labute approximate surface area is 88.3 Å². The maximum absolute atomic E-state index is 13.4. The molecule has 0 amide bonds. The molecule has 1 heterocycles. The summed E-state index contributed by atoms with van der Waals surface area (Å²) in [7, 11) is 0. The summed E-state index contributed by atoms with van der Waals surface area (Å²) < 4.78 is 27.1. The van der Waals surface area contributed by atoms with Crippen LogP contribution in [0.4, 0.5) is 8.78 Å². The molecular formula is C9H10F2N2O3. The molecular weight excluding hydrogens is 222 g/mol. The number of aromatic nitrogens is 2. The summed E-state index contributed by atoms with van der Waals surface area (Å²) in [6.45, 7) is -0.307. The highest BCUT2D eigenvalue weighted by Gasteiger charge is 2.42. The van der Waals surface area contributed by atoms with E-state index in [0.29, 0.717) is 6.20 Å². The van der Waals surface area contributed by atoms with Gasteiger partial charge in [-0.05, 0) is 6.42 Å². The van der Waals surface area contributed by atoms with Crippen molar-refractivity contribution in [2.45, 2.75) is 18.6 Å². The molecule has 2 N–H and O–H groups in total. The minimum Gasteiger partial charge on any atom is -0.396 e. The quantitative estimate of drug-likeness (QED) is 0.726. The normalized spacial score (nSPS) is 28.8. The molecule has 3 atom stereocenters. The molecule has 1 aliphatic carbocycles. The molecule has 0 bridgehead atoms. The van der Waals surface area contributed by atoms with Gasteiger partial charge in [-0.1, -0.05) is 0 Å². The predicted molar refractivity (Wildman–Crippen MR) is 50.4 cm³/mol. The predicted octanol–water partition coefficient (Wildman–Crippen LogP) is -0.433. The Kier molecular flexibility index (Phi) is 2.63. The lowest BCUT2D eigenvalue weighted by Crippen LogP contribution is -2.47. The van der Waals surface area contributed by atoms with Gasteiger partial charge in [-0.15, -0.1) is 0 Å². The number of H-pyrrole nitrogens is 1. The van der Waals surface area contributed by atoms with Crippen molar-refractivity contribution in [1.29, 1.82) is 0 Å². The van der Waals surface area contributed by atoms with Crippen molar-refractivity contribution in [3.8, 4) is 0 Å². The van der Waals surface area contributed by atoms with E-state index in [9.17, 15) is 18.4 Å². The number of halogens is 2. The highest BCUT2D eigenvalue weighted by atomic mass is 19.1. The fraction of sp³-hybridized carbons (Fsp3) is 0.556. The topological polar surface area (TPSA) is 75.1 Å². The van der Waals surface area contributed by atoms with Gasteiger partial charge in [0.2, 0.25) is 5.82 Å². The molecule has 5 nitrogen and oxygen atoms in total. The van der Waals surface area contributed by atoms with E-state index in [0.717, 1.165) is 4.57 Å². The van der Waals surface area contributed by atoms with Crippen LogP contribution in [0.1, 0.15) is 12.5 Å². The van der Waals surface area contributed by atoms with Crippen LogP contribution in [0.5, 0.6) is 0 Å². The minimum absolute atomic E-state index is 0.253. The van der Waals surface area contributed by atoms with Gasteiger partial charge in [0.1, 0.15) is 6.17 Å². The molecule has 2 rings (SSSR count). The second kappa shape index (κ2) is 3.82. The summed E-state index contributed by atoms with van der Waals surface area (Å²) >= 11 is 0. The number of alkyl halides is 1. The van der Waals surface area contributed by atoms with E-state index < -0.39 is 35.2 Å². The van der Waals surface area contributed by atoms with Crippen LogP contribution in [0.3, 0.4) is 0 Å². The number of aliphatic hydroxyl groups is 1. The molecule has 0 saturated heterocycles. The van der Waals surface area contributed by atoms with Crippen molar-refractivity contribution in [3.05, 3.63) is 32.9 Å². The summed E-state index contributed by atoms with van der Waals surface area (Å²) in [4.78, 5) is 23.8. The van der Waals surface area contributed by atoms with Crippen LogP contribution in [-0.2, 0) is 0 Å². The molecule has 0 spiro atoms. The number of hydrogen-bond acceptors (Lipinski definition) is 3. The third kappa shape index (κ3) is 1.57. The van der Waals surface area contributed by atoms with Crippen LogP contribution < -0.4 is 11.2 Å². The first-order chi connectivity index (χ1) is 7.54. The summed E-state index contributed by atoms with van der Waals surface area (Å²) in [6.07, 6.45) is -0.442. The van der Waals surface area contributed by atoms with E-state index in [1.165, 1.54) is 0 Å². The zero-order chi connectivity index (χ0) is 11.9. The molecule has 1 fully saturated rings. The lowest BCUT2D eigenvalue weighted by atomic mass is 9.78. The van der Waals surface area contributed by atoms with Crippen molar-refractivity contribution >= 4 is 0 Å². The van der Waals surface area contributed by atoms with Gasteiger partial charge < -0.3 is 5.11 Å². The second-order valence-corrected chi connectivity index (χ2v) is 3.83. The molecule has 1 aromatic heterocycles. The molecule has 1 aliphatic rings. The van der Waals surface area contributed by atoms with Crippen LogP contribution >= 0.6 is 0 Å². The van der Waals surface area contributed by atoms with Crippen LogP contribution in [-0.4, -0.2) is 27.4 Å². The van der Waals surface area contributed by atoms with Crippen LogP contribution in [0.25, 0.3) is 0 Å². The monoisotopic (exact) mass is 232 g/mol. The molecule has 0 unspecified atom stereocenters. The van der Waals surface area contributed by atoms with Crippen molar-refractivity contribution < 1.29 is 13.9 Å². The summed E-state index contributed by atoms with van der Waals surface area (Å²) in [6, 6.07) is -0.809. The first-order valence-electron chi connectivity index (χ1n) is 4.80. The molecule has 0 aliphatic heterocycles. The number of nitrogens with one attached hydrogen (secondary N) is 1. The van der Waals surface area contributed by atoms with Gasteiger partial charge in [0, 0.05) is 12.5 Å². The lowest BCUT2D eigenvalue weighted by Gasteiger charge is -2.39. The first kappa shape index (κ1) is 11.0. The largest absolute Gasteiger partial charge is 0.396 e. The summed E-state index contributed by atoms with van der Waals surface area (Å²) in [5.41, 5.74) is -1.95. The molecule has 88 valence electrons. The molecule has 1 saturated carbocycles. The average molecular weight is 232 g/mol. The van der Waals surface area contributed by atoms with Crippen molar-refractivity contribution in [3.63, 3.8) is 0 Å². The zero-order valence-corrected chi connectivity index (χ0v) is 8.19. The van der Waals surface area contributed by atoms with Crippen LogP contribution in [0.15, 0.2) is 15.8 Å².